The van der Waals surface area contributed by atoms with E-state index in [9.17, 15) is 23.3 Å². The highest BCUT2D eigenvalue weighted by atomic mass is 35.5. The van der Waals surface area contributed by atoms with Crippen molar-refractivity contribution >= 4 is 33.3 Å². The van der Waals surface area contributed by atoms with Crippen LogP contribution in [0.3, 0.4) is 0 Å². The topological polar surface area (TPSA) is 127 Å². The molecule has 2 N–H and O–H groups in total. The van der Waals surface area contributed by atoms with Crippen LogP contribution in [0.2, 0.25) is 5.02 Å². The van der Waals surface area contributed by atoms with Gasteiger partial charge in [0, 0.05) is 12.1 Å². The first-order chi connectivity index (χ1) is 9.19. The number of rotatable bonds is 6. The number of nitro groups is 1. The molecule has 0 heterocycles. The van der Waals surface area contributed by atoms with Crippen LogP contribution in [0.25, 0.3) is 0 Å². The molecule has 0 saturated heterocycles. The first-order valence-corrected chi connectivity index (χ1v) is 7.24. The van der Waals surface area contributed by atoms with Gasteiger partial charge in [-0.3, -0.25) is 14.9 Å². The average molecular weight is 323 g/mol. The fourth-order valence-electron chi connectivity index (χ4n) is 1.37. The Labute approximate surface area is 119 Å². The molecule has 8 nitrogen and oxygen atoms in total. The first kappa shape index (κ1) is 16.3. The number of carboxylic acids is 1. The second-order valence-electron chi connectivity index (χ2n) is 3.79. The van der Waals surface area contributed by atoms with E-state index in [1.807, 2.05) is 4.72 Å². The Balaban J connectivity index is 3.24. The number of nitrogens with one attached hydrogen (secondary N) is 1. The minimum Gasteiger partial charge on any atom is -0.480 e. The summed E-state index contributed by atoms with van der Waals surface area (Å²) in [4.78, 5) is 20.2. The lowest BCUT2D eigenvalue weighted by Gasteiger charge is -2.13. The van der Waals surface area contributed by atoms with Gasteiger partial charge in [0.05, 0.1) is 9.95 Å². The Morgan fingerprint density at radius 2 is 2.15 bits per heavy atom. The molecule has 1 rings (SSSR count). The highest BCUT2D eigenvalue weighted by molar-refractivity contribution is 7.89. The van der Waals surface area contributed by atoms with E-state index >= 15 is 0 Å². The summed E-state index contributed by atoms with van der Waals surface area (Å²) >= 11 is 5.70. The molecule has 0 spiro atoms. The molecule has 110 valence electrons. The van der Waals surface area contributed by atoms with E-state index < -0.39 is 37.5 Å². The van der Waals surface area contributed by atoms with E-state index in [0.29, 0.717) is 0 Å². The number of non-ortho nitro benzene ring substituents is 1. The van der Waals surface area contributed by atoms with Gasteiger partial charge in [-0.25, -0.2) is 8.42 Å². The maximum atomic E-state index is 12.0. The Bertz CT molecular complexity index is 645. The molecule has 0 saturated carbocycles. The number of sulfonamides is 1. The van der Waals surface area contributed by atoms with Crippen molar-refractivity contribution in [2.24, 2.45) is 0 Å². The lowest BCUT2D eigenvalue weighted by atomic mass is 10.2. The first-order valence-electron chi connectivity index (χ1n) is 5.38. The minimum absolute atomic E-state index is 0.0150. The molecule has 0 bridgehead atoms. The van der Waals surface area contributed by atoms with Crippen LogP contribution in [0.4, 0.5) is 5.69 Å². The van der Waals surface area contributed by atoms with Crippen LogP contribution in [-0.4, -0.2) is 30.5 Å². The molecule has 10 heteroatoms. The zero-order chi connectivity index (χ0) is 15.5. The number of hydrogen-bond acceptors (Lipinski definition) is 5. The van der Waals surface area contributed by atoms with Gasteiger partial charge in [0.25, 0.3) is 5.69 Å². The summed E-state index contributed by atoms with van der Waals surface area (Å²) in [5.41, 5.74) is -0.460. The summed E-state index contributed by atoms with van der Waals surface area (Å²) in [6.07, 6.45) is 0.0150. The SMILES string of the molecule is CCC(NS(=O)(=O)c1cc([N+](=O)[O-])ccc1Cl)C(=O)O. The number of carbonyl (C=O) groups is 1. The number of halogens is 1. The summed E-state index contributed by atoms with van der Waals surface area (Å²) in [6.45, 7) is 1.48. The van der Waals surface area contributed by atoms with Crippen molar-refractivity contribution < 1.29 is 23.2 Å². The number of carboxylic acid groups (broad SMARTS) is 1. The lowest BCUT2D eigenvalue weighted by molar-refractivity contribution is -0.385. The Morgan fingerprint density at radius 3 is 2.60 bits per heavy atom. The van der Waals surface area contributed by atoms with Gasteiger partial charge in [0.2, 0.25) is 10.0 Å². The van der Waals surface area contributed by atoms with Gasteiger partial charge in [0.1, 0.15) is 10.9 Å². The smallest absolute Gasteiger partial charge is 0.321 e. The van der Waals surface area contributed by atoms with Crippen molar-refractivity contribution in [3.63, 3.8) is 0 Å². The Kier molecular flexibility index (Phi) is 5.03. The van der Waals surface area contributed by atoms with E-state index in [1.54, 1.807) is 0 Å². The number of benzene rings is 1. The van der Waals surface area contributed by atoms with Crippen LogP contribution in [0.15, 0.2) is 23.1 Å². The van der Waals surface area contributed by atoms with Crippen molar-refractivity contribution in [2.75, 3.05) is 0 Å². The lowest BCUT2D eigenvalue weighted by Crippen LogP contribution is -2.40. The zero-order valence-electron chi connectivity index (χ0n) is 10.2. The predicted octanol–water partition coefficient (Wildman–Crippen LogP) is 1.39. The molecule has 0 radical (unpaired) electrons. The number of nitrogens with zero attached hydrogens (tertiary/aromatic N) is 1. The van der Waals surface area contributed by atoms with E-state index in [4.69, 9.17) is 16.7 Å². The van der Waals surface area contributed by atoms with Crippen LogP contribution in [0, 0.1) is 10.1 Å². The molecule has 20 heavy (non-hydrogen) atoms. The van der Waals surface area contributed by atoms with Gasteiger partial charge in [0.15, 0.2) is 0 Å². The van der Waals surface area contributed by atoms with Gasteiger partial charge in [-0.1, -0.05) is 18.5 Å². The molecule has 1 unspecified atom stereocenters. The van der Waals surface area contributed by atoms with Crippen molar-refractivity contribution in [1.29, 1.82) is 0 Å². The highest BCUT2D eigenvalue weighted by Crippen LogP contribution is 2.26. The molecule has 0 amide bonds. The fourth-order valence-corrected chi connectivity index (χ4v) is 3.16. The molecule has 1 aromatic carbocycles. The third-order valence-corrected chi connectivity index (χ3v) is 4.37. The van der Waals surface area contributed by atoms with Crippen LogP contribution in [0.1, 0.15) is 13.3 Å². The molecular weight excluding hydrogens is 312 g/mol. The quantitative estimate of drug-likeness (QED) is 0.602. The third-order valence-electron chi connectivity index (χ3n) is 2.42. The minimum atomic E-state index is -4.27. The van der Waals surface area contributed by atoms with Crippen LogP contribution >= 0.6 is 11.6 Å². The average Bonchev–Trinajstić information content (AvgIpc) is 2.35. The normalized spacial score (nSPS) is 12.9. The van der Waals surface area contributed by atoms with Crippen molar-refractivity contribution in [3.05, 3.63) is 33.3 Å². The summed E-state index contributed by atoms with van der Waals surface area (Å²) in [6, 6.07) is 1.56. The molecule has 0 aliphatic heterocycles. The number of hydrogen-bond donors (Lipinski definition) is 2. The van der Waals surface area contributed by atoms with Crippen molar-refractivity contribution in [3.8, 4) is 0 Å². The van der Waals surface area contributed by atoms with Crippen LogP contribution in [0.5, 0.6) is 0 Å². The molecule has 1 aromatic rings. The standard InChI is InChI=1S/C10H11ClN2O6S/c1-2-8(10(14)15)12-20(18,19)9-5-6(13(16)17)3-4-7(9)11/h3-5,8,12H,2H2,1H3,(H,14,15). The van der Waals surface area contributed by atoms with E-state index in [-0.39, 0.29) is 11.4 Å². The maximum Gasteiger partial charge on any atom is 0.321 e. The molecule has 0 aliphatic carbocycles. The Morgan fingerprint density at radius 1 is 1.55 bits per heavy atom. The third kappa shape index (κ3) is 3.65. The molecule has 0 aliphatic rings. The van der Waals surface area contributed by atoms with Gasteiger partial charge in [-0.2, -0.15) is 4.72 Å². The van der Waals surface area contributed by atoms with Gasteiger partial charge in [-0.05, 0) is 12.5 Å². The van der Waals surface area contributed by atoms with E-state index in [2.05, 4.69) is 0 Å². The summed E-state index contributed by atoms with van der Waals surface area (Å²) in [5, 5.41) is 19.2. The highest BCUT2D eigenvalue weighted by Gasteiger charge is 2.27. The van der Waals surface area contributed by atoms with Gasteiger partial charge < -0.3 is 5.11 Å². The van der Waals surface area contributed by atoms with Crippen molar-refractivity contribution in [1.82, 2.24) is 4.72 Å². The predicted molar refractivity (Wildman–Crippen MR) is 70.1 cm³/mol. The van der Waals surface area contributed by atoms with Crippen LogP contribution < -0.4 is 4.72 Å². The molecular formula is C10H11ClN2O6S. The summed E-state index contributed by atoms with van der Waals surface area (Å²) in [7, 11) is -4.27. The molecule has 1 atom stereocenters. The van der Waals surface area contributed by atoms with Crippen LogP contribution in [-0.2, 0) is 14.8 Å². The van der Waals surface area contributed by atoms with Gasteiger partial charge >= 0.3 is 5.97 Å². The van der Waals surface area contributed by atoms with E-state index in [1.165, 1.54) is 6.92 Å². The largest absolute Gasteiger partial charge is 0.480 e. The second kappa shape index (κ2) is 6.16. The molecule has 0 fully saturated rings. The monoisotopic (exact) mass is 322 g/mol. The van der Waals surface area contributed by atoms with E-state index in [0.717, 1.165) is 18.2 Å². The summed E-state index contributed by atoms with van der Waals surface area (Å²) < 4.78 is 26.0. The zero-order valence-corrected chi connectivity index (χ0v) is 11.8. The maximum absolute atomic E-state index is 12.0. The molecule has 0 aromatic heterocycles. The van der Waals surface area contributed by atoms with Gasteiger partial charge in [-0.15, -0.1) is 0 Å². The van der Waals surface area contributed by atoms with Crippen molar-refractivity contribution in [2.45, 2.75) is 24.3 Å². The fraction of sp³-hybridized carbons (Fsp3) is 0.300. The summed E-state index contributed by atoms with van der Waals surface area (Å²) in [5.74, 6) is -1.35. The number of nitro benzene ring substituents is 1. The second-order valence-corrected chi connectivity index (χ2v) is 5.88. The Hall–Kier alpha value is -1.71. The number of aliphatic carboxylic acids is 1.